The lowest BCUT2D eigenvalue weighted by atomic mass is 10.1. The number of rotatable bonds is 7. The first-order chi connectivity index (χ1) is 11.7. The normalized spacial score (nSPS) is 18.6. The highest BCUT2D eigenvalue weighted by Crippen LogP contribution is 2.37. The molecule has 2 heterocycles. The number of amides is 3. The molecule has 2 aliphatic heterocycles. The number of nitrogens with zero attached hydrogens (tertiary/aromatic N) is 1. The second kappa shape index (κ2) is 7.20. The third-order valence-electron chi connectivity index (χ3n) is 4.04. The number of carbonyl (C=O) groups is 3. The number of hydrogen-bond donors (Lipinski definition) is 2. The van der Waals surface area contributed by atoms with E-state index in [2.05, 4.69) is 10.6 Å². The molecule has 0 aliphatic carbocycles. The molecule has 24 heavy (non-hydrogen) atoms. The minimum absolute atomic E-state index is 0.0864. The molecule has 1 aromatic rings. The van der Waals surface area contributed by atoms with E-state index >= 15 is 0 Å². The molecule has 2 aliphatic rings. The number of benzene rings is 1. The Hall–Kier alpha value is -2.77. The van der Waals surface area contributed by atoms with Gasteiger partial charge in [-0.05, 0) is 18.6 Å². The fourth-order valence-electron chi connectivity index (χ4n) is 2.79. The fourth-order valence-corrected chi connectivity index (χ4v) is 2.79. The van der Waals surface area contributed by atoms with Gasteiger partial charge in [-0.1, -0.05) is 0 Å². The van der Waals surface area contributed by atoms with Gasteiger partial charge in [-0.3, -0.25) is 14.4 Å². The minimum atomic E-state index is -0.373. The summed E-state index contributed by atoms with van der Waals surface area (Å²) in [7, 11) is 0. The molecule has 128 valence electrons. The van der Waals surface area contributed by atoms with Crippen LogP contribution in [0.2, 0.25) is 0 Å². The summed E-state index contributed by atoms with van der Waals surface area (Å²) in [5.74, 6) is 0.663. The Morgan fingerprint density at radius 1 is 1.29 bits per heavy atom. The van der Waals surface area contributed by atoms with Gasteiger partial charge in [0.1, 0.15) is 0 Å². The molecular formula is C16H19N3O5. The molecule has 3 amide bonds. The van der Waals surface area contributed by atoms with Crippen molar-refractivity contribution in [1.29, 1.82) is 0 Å². The number of nitrogens with one attached hydrogen (secondary N) is 2. The van der Waals surface area contributed by atoms with Crippen LogP contribution in [0.1, 0.15) is 12.8 Å². The number of carbonyl (C=O) groups excluding carboxylic acids is 3. The molecule has 0 radical (unpaired) electrons. The van der Waals surface area contributed by atoms with Crippen molar-refractivity contribution in [2.75, 3.05) is 31.3 Å². The van der Waals surface area contributed by atoms with Crippen LogP contribution in [-0.4, -0.2) is 44.7 Å². The molecule has 2 N–H and O–H groups in total. The Bertz CT molecular complexity index is 649. The summed E-state index contributed by atoms with van der Waals surface area (Å²) >= 11 is 0. The summed E-state index contributed by atoms with van der Waals surface area (Å²) in [5, 5.41) is 5.33. The van der Waals surface area contributed by atoms with Gasteiger partial charge in [0.2, 0.25) is 25.0 Å². The lowest BCUT2D eigenvalue weighted by Gasteiger charge is -2.17. The van der Waals surface area contributed by atoms with Crippen LogP contribution >= 0.6 is 0 Å². The molecule has 0 saturated carbocycles. The van der Waals surface area contributed by atoms with Crippen LogP contribution in [0.4, 0.5) is 5.69 Å². The Kier molecular flexibility index (Phi) is 4.83. The van der Waals surface area contributed by atoms with Crippen LogP contribution in [0.25, 0.3) is 0 Å². The van der Waals surface area contributed by atoms with E-state index in [9.17, 15) is 14.4 Å². The van der Waals surface area contributed by atoms with Crippen molar-refractivity contribution >= 4 is 23.9 Å². The quantitative estimate of drug-likeness (QED) is 0.542. The summed E-state index contributed by atoms with van der Waals surface area (Å²) in [6.45, 7) is 1.50. The molecule has 0 aromatic heterocycles. The Balaban J connectivity index is 1.55. The SMILES string of the molecule is O=CNCCCNC(=O)C1CC(=O)N(c2ccc3c(c2)OCO3)C1. The second-order valence-corrected chi connectivity index (χ2v) is 5.66. The summed E-state index contributed by atoms with van der Waals surface area (Å²) in [4.78, 5) is 36.1. The average molecular weight is 333 g/mol. The van der Waals surface area contributed by atoms with Crippen LogP contribution in [0, 0.1) is 5.92 Å². The standard InChI is InChI=1S/C16H19N3O5/c20-9-17-4-1-5-18-16(22)11-6-15(21)19(8-11)12-2-3-13-14(7-12)24-10-23-13/h2-3,7,9,11H,1,4-6,8,10H2,(H,17,20)(H,18,22). The van der Waals surface area contributed by atoms with E-state index in [1.54, 1.807) is 23.1 Å². The van der Waals surface area contributed by atoms with Crippen molar-refractivity contribution in [3.05, 3.63) is 18.2 Å². The van der Waals surface area contributed by atoms with Gasteiger partial charge in [-0.2, -0.15) is 0 Å². The van der Waals surface area contributed by atoms with Gasteiger partial charge in [0.15, 0.2) is 11.5 Å². The zero-order valence-electron chi connectivity index (χ0n) is 13.1. The zero-order chi connectivity index (χ0) is 16.9. The predicted molar refractivity (Wildman–Crippen MR) is 84.7 cm³/mol. The highest BCUT2D eigenvalue weighted by atomic mass is 16.7. The van der Waals surface area contributed by atoms with Crippen molar-refractivity contribution in [3.63, 3.8) is 0 Å². The number of ether oxygens (including phenoxy) is 2. The molecule has 8 heteroatoms. The number of hydrogen-bond acceptors (Lipinski definition) is 5. The maximum Gasteiger partial charge on any atom is 0.231 e. The average Bonchev–Trinajstić information content (AvgIpc) is 3.20. The monoisotopic (exact) mass is 333 g/mol. The van der Waals surface area contributed by atoms with E-state index in [1.807, 2.05) is 0 Å². The van der Waals surface area contributed by atoms with Crippen LogP contribution < -0.4 is 25.0 Å². The highest BCUT2D eigenvalue weighted by Gasteiger charge is 2.35. The number of anilines is 1. The minimum Gasteiger partial charge on any atom is -0.454 e. The van der Waals surface area contributed by atoms with E-state index in [4.69, 9.17) is 9.47 Å². The maximum absolute atomic E-state index is 12.2. The fraction of sp³-hybridized carbons (Fsp3) is 0.438. The van der Waals surface area contributed by atoms with Crippen LogP contribution in [-0.2, 0) is 14.4 Å². The van der Waals surface area contributed by atoms with Gasteiger partial charge in [0.25, 0.3) is 0 Å². The first-order valence-electron chi connectivity index (χ1n) is 7.84. The first kappa shape index (κ1) is 16.1. The summed E-state index contributed by atoms with van der Waals surface area (Å²) in [6.07, 6.45) is 1.46. The lowest BCUT2D eigenvalue weighted by molar-refractivity contribution is -0.126. The molecule has 1 aromatic carbocycles. The van der Waals surface area contributed by atoms with E-state index in [1.165, 1.54) is 0 Å². The van der Waals surface area contributed by atoms with Crippen molar-refractivity contribution in [3.8, 4) is 11.5 Å². The Labute approximate surface area is 139 Å². The summed E-state index contributed by atoms with van der Waals surface area (Å²) < 4.78 is 10.6. The van der Waals surface area contributed by atoms with Crippen molar-refractivity contribution in [1.82, 2.24) is 10.6 Å². The number of fused-ring (bicyclic) bond motifs is 1. The third kappa shape index (κ3) is 3.42. The van der Waals surface area contributed by atoms with Crippen molar-refractivity contribution < 1.29 is 23.9 Å². The second-order valence-electron chi connectivity index (χ2n) is 5.66. The molecule has 3 rings (SSSR count). The van der Waals surface area contributed by atoms with Crippen LogP contribution in [0.3, 0.4) is 0 Å². The molecule has 1 saturated heterocycles. The zero-order valence-corrected chi connectivity index (χ0v) is 13.1. The van der Waals surface area contributed by atoms with E-state index in [0.717, 1.165) is 0 Å². The van der Waals surface area contributed by atoms with Gasteiger partial charge in [-0.25, -0.2) is 0 Å². The summed E-state index contributed by atoms with van der Waals surface area (Å²) in [6, 6.07) is 5.31. The first-order valence-corrected chi connectivity index (χ1v) is 7.84. The molecular weight excluding hydrogens is 314 g/mol. The van der Waals surface area contributed by atoms with E-state index in [-0.39, 0.29) is 30.9 Å². The third-order valence-corrected chi connectivity index (χ3v) is 4.04. The van der Waals surface area contributed by atoms with E-state index < -0.39 is 0 Å². The van der Waals surface area contributed by atoms with Gasteiger partial charge in [-0.15, -0.1) is 0 Å². The van der Waals surface area contributed by atoms with Crippen LogP contribution in [0.5, 0.6) is 11.5 Å². The van der Waals surface area contributed by atoms with Gasteiger partial charge >= 0.3 is 0 Å². The van der Waals surface area contributed by atoms with Gasteiger partial charge in [0, 0.05) is 37.8 Å². The maximum atomic E-state index is 12.2. The van der Waals surface area contributed by atoms with Crippen LogP contribution in [0.15, 0.2) is 18.2 Å². The van der Waals surface area contributed by atoms with Gasteiger partial charge in [0.05, 0.1) is 5.92 Å². The molecule has 0 bridgehead atoms. The molecule has 0 spiro atoms. The Morgan fingerprint density at radius 3 is 2.96 bits per heavy atom. The Morgan fingerprint density at radius 2 is 2.12 bits per heavy atom. The lowest BCUT2D eigenvalue weighted by Crippen LogP contribution is -2.34. The van der Waals surface area contributed by atoms with Crippen molar-refractivity contribution in [2.45, 2.75) is 12.8 Å². The predicted octanol–water partition coefficient (Wildman–Crippen LogP) is 0.0205. The topological polar surface area (TPSA) is 97.0 Å². The largest absolute Gasteiger partial charge is 0.454 e. The molecule has 1 atom stereocenters. The molecule has 1 unspecified atom stereocenters. The molecule has 1 fully saturated rings. The van der Waals surface area contributed by atoms with Crippen molar-refractivity contribution in [2.24, 2.45) is 5.92 Å². The summed E-state index contributed by atoms with van der Waals surface area (Å²) in [5.41, 5.74) is 0.703. The van der Waals surface area contributed by atoms with E-state index in [0.29, 0.717) is 49.7 Å². The molecule has 8 nitrogen and oxygen atoms in total. The van der Waals surface area contributed by atoms with Gasteiger partial charge < -0.3 is 25.0 Å². The highest BCUT2D eigenvalue weighted by molar-refractivity contribution is 6.00. The smallest absolute Gasteiger partial charge is 0.231 e.